The van der Waals surface area contributed by atoms with Crippen molar-refractivity contribution in [1.82, 2.24) is 14.9 Å². The molecular weight excluding hydrogens is 322 g/mol. The molecule has 0 atom stereocenters. The van der Waals surface area contributed by atoms with Gasteiger partial charge in [-0.05, 0) is 24.5 Å². The van der Waals surface area contributed by atoms with Gasteiger partial charge < -0.3 is 10.1 Å². The molecule has 1 heterocycles. The Labute approximate surface area is 144 Å². The van der Waals surface area contributed by atoms with Crippen LogP contribution in [0.15, 0.2) is 48.5 Å². The molecule has 0 aliphatic carbocycles. The van der Waals surface area contributed by atoms with E-state index < -0.39 is 0 Å². The molecule has 0 unspecified atom stereocenters. The first-order chi connectivity index (χ1) is 11.7. The van der Waals surface area contributed by atoms with E-state index in [9.17, 15) is 4.79 Å². The molecule has 0 radical (unpaired) electrons. The van der Waals surface area contributed by atoms with Crippen LogP contribution in [0.4, 0.5) is 0 Å². The average Bonchev–Trinajstić information content (AvgIpc) is 3.10. The van der Waals surface area contributed by atoms with Gasteiger partial charge in [0, 0.05) is 17.7 Å². The lowest BCUT2D eigenvalue weighted by molar-refractivity contribution is 0.0955. The van der Waals surface area contributed by atoms with Gasteiger partial charge in [-0.15, -0.1) is 5.10 Å². The zero-order valence-electron chi connectivity index (χ0n) is 13.4. The number of para-hydroxylation sites is 1. The van der Waals surface area contributed by atoms with Crippen molar-refractivity contribution < 1.29 is 9.53 Å². The molecule has 3 aromatic rings. The molecule has 1 N–H and O–H groups in total. The van der Waals surface area contributed by atoms with Crippen LogP contribution in [0.5, 0.6) is 5.75 Å². The molecule has 0 spiro atoms. The van der Waals surface area contributed by atoms with Crippen molar-refractivity contribution in [1.29, 1.82) is 0 Å². The minimum atomic E-state index is -0.188. The lowest BCUT2D eigenvalue weighted by Gasteiger charge is -2.09. The number of carbonyl (C=O) groups excluding carboxylic acids is 1. The van der Waals surface area contributed by atoms with E-state index in [1.54, 1.807) is 7.11 Å². The fourth-order valence-electron chi connectivity index (χ4n) is 2.34. The van der Waals surface area contributed by atoms with Crippen molar-refractivity contribution in [3.05, 3.63) is 64.5 Å². The predicted molar refractivity (Wildman–Crippen MR) is 94.2 cm³/mol. The second-order valence-electron chi connectivity index (χ2n) is 5.31. The molecular formula is C18H17N3O2S. The molecule has 24 heavy (non-hydrogen) atoms. The van der Waals surface area contributed by atoms with Crippen molar-refractivity contribution in [2.24, 2.45) is 0 Å². The van der Waals surface area contributed by atoms with E-state index in [4.69, 9.17) is 4.74 Å². The highest BCUT2D eigenvalue weighted by molar-refractivity contribution is 7.08. The van der Waals surface area contributed by atoms with Gasteiger partial charge >= 0.3 is 0 Å². The minimum absolute atomic E-state index is 0.188. The van der Waals surface area contributed by atoms with Crippen LogP contribution in [0.2, 0.25) is 0 Å². The fourth-order valence-corrected chi connectivity index (χ4v) is 2.95. The molecule has 0 aliphatic rings. The molecule has 6 heteroatoms. The van der Waals surface area contributed by atoms with Crippen LogP contribution >= 0.6 is 11.5 Å². The Morgan fingerprint density at radius 2 is 1.92 bits per heavy atom. The number of methoxy groups -OCH3 is 1. The van der Waals surface area contributed by atoms with Gasteiger partial charge in [0.05, 0.1) is 7.11 Å². The van der Waals surface area contributed by atoms with Gasteiger partial charge in [-0.3, -0.25) is 4.79 Å². The van der Waals surface area contributed by atoms with E-state index in [-0.39, 0.29) is 5.91 Å². The molecule has 122 valence electrons. The van der Waals surface area contributed by atoms with Crippen LogP contribution in [0.1, 0.15) is 20.8 Å². The van der Waals surface area contributed by atoms with Crippen LogP contribution in [-0.4, -0.2) is 22.6 Å². The number of nitrogens with one attached hydrogen (secondary N) is 1. The van der Waals surface area contributed by atoms with Gasteiger partial charge in [0.1, 0.15) is 16.3 Å². The lowest BCUT2D eigenvalue weighted by Crippen LogP contribution is -2.22. The molecule has 1 amide bonds. The Hall–Kier alpha value is -2.73. The van der Waals surface area contributed by atoms with Gasteiger partial charge in [0.15, 0.2) is 0 Å². The van der Waals surface area contributed by atoms with Crippen LogP contribution < -0.4 is 10.1 Å². The third-order valence-electron chi connectivity index (χ3n) is 3.65. The summed E-state index contributed by atoms with van der Waals surface area (Å²) in [6.07, 6.45) is 0. The monoisotopic (exact) mass is 339 g/mol. The molecule has 0 fully saturated rings. The summed E-state index contributed by atoms with van der Waals surface area (Å²) in [6, 6.07) is 15.5. The highest BCUT2D eigenvalue weighted by Crippen LogP contribution is 2.24. The summed E-state index contributed by atoms with van der Waals surface area (Å²) in [7, 11) is 1.61. The highest BCUT2D eigenvalue weighted by Gasteiger charge is 2.18. The van der Waals surface area contributed by atoms with Crippen molar-refractivity contribution in [2.45, 2.75) is 13.5 Å². The molecule has 0 saturated carbocycles. The SMILES string of the molecule is COc1ccccc1CNC(=O)c1snnc1-c1ccc(C)cc1. The molecule has 5 nitrogen and oxygen atoms in total. The number of rotatable bonds is 5. The molecule has 0 bridgehead atoms. The van der Waals surface area contributed by atoms with Gasteiger partial charge in [0.25, 0.3) is 5.91 Å². The average molecular weight is 339 g/mol. The number of aromatic nitrogens is 2. The van der Waals surface area contributed by atoms with Crippen LogP contribution in [0, 0.1) is 6.92 Å². The first kappa shape index (κ1) is 16.1. The number of ether oxygens (including phenoxy) is 1. The first-order valence-electron chi connectivity index (χ1n) is 7.48. The number of aryl methyl sites for hydroxylation is 1. The van der Waals surface area contributed by atoms with E-state index in [2.05, 4.69) is 14.9 Å². The summed E-state index contributed by atoms with van der Waals surface area (Å²) < 4.78 is 9.24. The number of carbonyl (C=O) groups is 1. The minimum Gasteiger partial charge on any atom is -0.496 e. The number of nitrogens with zero attached hydrogens (tertiary/aromatic N) is 2. The summed E-state index contributed by atoms with van der Waals surface area (Å²) >= 11 is 1.10. The van der Waals surface area contributed by atoms with Gasteiger partial charge in [-0.2, -0.15) is 0 Å². The molecule has 0 aliphatic heterocycles. The standard InChI is InChI=1S/C18H17N3O2S/c1-12-7-9-13(10-8-12)16-17(24-21-20-16)18(22)19-11-14-5-3-4-6-15(14)23-2/h3-10H,11H2,1-2H3,(H,19,22). The number of benzene rings is 2. The Bertz CT molecular complexity index is 843. The Kier molecular flexibility index (Phi) is 4.86. The molecule has 2 aromatic carbocycles. The molecule has 3 rings (SSSR count). The lowest BCUT2D eigenvalue weighted by atomic mass is 10.1. The predicted octanol–water partition coefficient (Wildman–Crippen LogP) is 3.45. The van der Waals surface area contributed by atoms with E-state index >= 15 is 0 Å². The second-order valence-corrected chi connectivity index (χ2v) is 6.07. The third-order valence-corrected chi connectivity index (χ3v) is 4.38. The van der Waals surface area contributed by atoms with Crippen molar-refractivity contribution >= 4 is 17.4 Å². The van der Waals surface area contributed by atoms with Crippen molar-refractivity contribution in [3.63, 3.8) is 0 Å². The Morgan fingerprint density at radius 3 is 2.67 bits per heavy atom. The molecule has 0 saturated heterocycles. The van der Waals surface area contributed by atoms with Crippen molar-refractivity contribution in [3.8, 4) is 17.0 Å². The van der Waals surface area contributed by atoms with E-state index in [1.165, 1.54) is 0 Å². The Morgan fingerprint density at radius 1 is 1.17 bits per heavy atom. The van der Waals surface area contributed by atoms with Gasteiger partial charge in [-0.1, -0.05) is 52.5 Å². The second kappa shape index (κ2) is 7.23. The zero-order chi connectivity index (χ0) is 16.9. The first-order valence-corrected chi connectivity index (χ1v) is 8.26. The van der Waals surface area contributed by atoms with Crippen LogP contribution in [0.25, 0.3) is 11.3 Å². The maximum Gasteiger partial charge on any atom is 0.265 e. The number of hydrogen-bond donors (Lipinski definition) is 1. The number of hydrogen-bond acceptors (Lipinski definition) is 5. The summed E-state index contributed by atoms with van der Waals surface area (Å²) in [5.41, 5.74) is 3.57. The summed E-state index contributed by atoms with van der Waals surface area (Å²) in [4.78, 5) is 13.0. The smallest absolute Gasteiger partial charge is 0.265 e. The van der Waals surface area contributed by atoms with Gasteiger partial charge in [0.2, 0.25) is 0 Å². The van der Waals surface area contributed by atoms with E-state index in [0.717, 1.165) is 34.0 Å². The molecule has 1 aromatic heterocycles. The fraction of sp³-hybridized carbons (Fsp3) is 0.167. The summed E-state index contributed by atoms with van der Waals surface area (Å²) in [6.45, 7) is 2.40. The van der Waals surface area contributed by atoms with Crippen LogP contribution in [-0.2, 0) is 6.54 Å². The number of amides is 1. The zero-order valence-corrected chi connectivity index (χ0v) is 14.3. The van der Waals surface area contributed by atoms with E-state index in [1.807, 2.05) is 55.5 Å². The summed E-state index contributed by atoms with van der Waals surface area (Å²) in [5.74, 6) is 0.561. The quantitative estimate of drug-likeness (QED) is 0.773. The van der Waals surface area contributed by atoms with E-state index in [0.29, 0.717) is 17.1 Å². The maximum absolute atomic E-state index is 12.5. The Balaban J connectivity index is 1.77. The topological polar surface area (TPSA) is 64.1 Å². The maximum atomic E-state index is 12.5. The van der Waals surface area contributed by atoms with Crippen molar-refractivity contribution in [2.75, 3.05) is 7.11 Å². The highest BCUT2D eigenvalue weighted by atomic mass is 32.1. The normalized spacial score (nSPS) is 10.4. The van der Waals surface area contributed by atoms with Gasteiger partial charge in [-0.25, -0.2) is 0 Å². The largest absolute Gasteiger partial charge is 0.496 e. The third kappa shape index (κ3) is 3.44. The van der Waals surface area contributed by atoms with Crippen LogP contribution in [0.3, 0.4) is 0 Å². The summed E-state index contributed by atoms with van der Waals surface area (Å²) in [5, 5.41) is 7.02.